The summed E-state index contributed by atoms with van der Waals surface area (Å²) in [5.74, 6) is 0.780. The number of hydrogen-bond acceptors (Lipinski definition) is 3. The van der Waals surface area contributed by atoms with E-state index in [0.29, 0.717) is 23.0 Å². The van der Waals surface area contributed by atoms with Crippen LogP contribution in [-0.2, 0) is 9.84 Å². The summed E-state index contributed by atoms with van der Waals surface area (Å²) in [6.07, 6.45) is 0.650. The Balaban J connectivity index is 0.00000264. The molecular weight excluding hydrogens is 472 g/mol. The quantitative estimate of drug-likeness (QED) is 0.385. The van der Waals surface area contributed by atoms with Crippen molar-refractivity contribution >= 4 is 63.0 Å². The normalized spacial score (nSPS) is 21.5. The van der Waals surface area contributed by atoms with Gasteiger partial charge in [0, 0.05) is 16.6 Å². The van der Waals surface area contributed by atoms with Crippen molar-refractivity contribution in [2.75, 3.05) is 18.1 Å². The second-order valence-electron chi connectivity index (χ2n) is 5.53. The van der Waals surface area contributed by atoms with Gasteiger partial charge in [-0.2, -0.15) is 0 Å². The predicted molar refractivity (Wildman–Crippen MR) is 107 cm³/mol. The van der Waals surface area contributed by atoms with E-state index in [1.807, 2.05) is 13.0 Å². The van der Waals surface area contributed by atoms with Gasteiger partial charge in [0.1, 0.15) is 0 Å². The minimum Gasteiger partial charge on any atom is -0.370 e. The van der Waals surface area contributed by atoms with Crippen molar-refractivity contribution in [3.05, 3.63) is 33.8 Å². The van der Waals surface area contributed by atoms with E-state index in [-0.39, 0.29) is 53.4 Å². The summed E-state index contributed by atoms with van der Waals surface area (Å²) >= 11 is 12.0. The Hall–Kier alpha value is -0.250. The number of nitrogens with two attached hydrogens (primary N) is 1. The molecule has 0 amide bonds. The van der Waals surface area contributed by atoms with Crippen molar-refractivity contribution in [2.45, 2.75) is 19.4 Å². The Morgan fingerprint density at radius 2 is 2.17 bits per heavy atom. The fraction of sp³-hybridized carbons (Fsp3) is 0.500. The largest absolute Gasteiger partial charge is 0.370 e. The lowest BCUT2D eigenvalue weighted by Crippen LogP contribution is -2.34. The number of halogens is 3. The topological polar surface area (TPSA) is 84.5 Å². The molecule has 9 heteroatoms. The summed E-state index contributed by atoms with van der Waals surface area (Å²) in [6.45, 7) is 2.33. The maximum absolute atomic E-state index is 11.4. The highest BCUT2D eigenvalue weighted by Crippen LogP contribution is 2.26. The molecule has 1 heterocycles. The van der Waals surface area contributed by atoms with Crippen LogP contribution >= 0.6 is 47.2 Å². The van der Waals surface area contributed by atoms with Gasteiger partial charge in [0.15, 0.2) is 15.8 Å². The molecule has 5 nitrogen and oxygen atoms in total. The zero-order valence-electron chi connectivity index (χ0n) is 12.6. The summed E-state index contributed by atoms with van der Waals surface area (Å²) in [4.78, 5) is 4.23. The fourth-order valence-corrected chi connectivity index (χ4v) is 4.86. The first-order valence-electron chi connectivity index (χ1n) is 6.98. The van der Waals surface area contributed by atoms with E-state index in [9.17, 15) is 8.42 Å². The average molecular weight is 492 g/mol. The highest BCUT2D eigenvalue weighted by atomic mass is 127. The smallest absolute Gasteiger partial charge is 0.189 e. The molecule has 0 radical (unpaired) electrons. The van der Waals surface area contributed by atoms with Crippen LogP contribution in [0.5, 0.6) is 0 Å². The minimum absolute atomic E-state index is 0. The predicted octanol–water partition coefficient (Wildman–Crippen LogP) is 3.01. The van der Waals surface area contributed by atoms with Crippen LogP contribution in [0.15, 0.2) is 23.2 Å². The van der Waals surface area contributed by atoms with Gasteiger partial charge in [0.2, 0.25) is 0 Å². The van der Waals surface area contributed by atoms with Crippen LogP contribution < -0.4 is 11.1 Å². The third kappa shape index (κ3) is 6.28. The molecule has 1 aromatic rings. The van der Waals surface area contributed by atoms with Crippen molar-refractivity contribution in [2.24, 2.45) is 16.6 Å². The fourth-order valence-electron chi connectivity index (χ4n) is 2.44. The van der Waals surface area contributed by atoms with E-state index >= 15 is 0 Å². The molecule has 0 saturated carbocycles. The number of guanidine groups is 1. The second-order valence-corrected chi connectivity index (χ2v) is 8.60. The summed E-state index contributed by atoms with van der Waals surface area (Å²) in [5, 5.41) is 4.18. The number of aliphatic imine (C=N–C) groups is 1. The van der Waals surface area contributed by atoms with Crippen molar-refractivity contribution in [1.82, 2.24) is 5.32 Å². The molecule has 1 saturated heterocycles. The van der Waals surface area contributed by atoms with Crippen molar-refractivity contribution in [3.8, 4) is 0 Å². The van der Waals surface area contributed by atoms with E-state index in [1.54, 1.807) is 12.1 Å². The Morgan fingerprint density at radius 3 is 2.74 bits per heavy atom. The molecule has 0 spiro atoms. The Kier molecular flexibility index (Phi) is 7.89. The third-order valence-electron chi connectivity index (χ3n) is 3.64. The molecule has 3 N–H and O–H groups in total. The maximum atomic E-state index is 11.4. The molecule has 2 rings (SSSR count). The van der Waals surface area contributed by atoms with Crippen LogP contribution in [-0.4, -0.2) is 32.4 Å². The number of rotatable bonds is 4. The summed E-state index contributed by atoms with van der Waals surface area (Å²) < 4.78 is 22.8. The van der Waals surface area contributed by atoms with E-state index in [0.717, 1.165) is 5.56 Å². The highest BCUT2D eigenvalue weighted by Gasteiger charge is 2.27. The third-order valence-corrected chi connectivity index (χ3v) is 6.04. The molecule has 0 bridgehead atoms. The van der Waals surface area contributed by atoms with Gasteiger partial charge in [-0.15, -0.1) is 24.0 Å². The van der Waals surface area contributed by atoms with Crippen LogP contribution in [0, 0.1) is 5.92 Å². The molecule has 0 aromatic heterocycles. The van der Waals surface area contributed by atoms with Gasteiger partial charge in [-0.25, -0.2) is 8.42 Å². The molecule has 2 unspecified atom stereocenters. The van der Waals surface area contributed by atoms with Crippen LogP contribution in [0.25, 0.3) is 0 Å². The first-order valence-corrected chi connectivity index (χ1v) is 9.56. The number of nitrogens with one attached hydrogen (secondary N) is 1. The molecule has 1 fully saturated rings. The lowest BCUT2D eigenvalue weighted by Gasteiger charge is -2.17. The zero-order valence-corrected chi connectivity index (χ0v) is 17.3. The molecular formula is C14H20Cl2IN3O2S. The van der Waals surface area contributed by atoms with E-state index in [4.69, 9.17) is 28.9 Å². The first kappa shape index (κ1) is 20.8. The summed E-state index contributed by atoms with van der Waals surface area (Å²) in [7, 11) is -2.88. The highest BCUT2D eigenvalue weighted by molar-refractivity contribution is 14.0. The molecule has 1 aromatic carbocycles. The molecule has 2 atom stereocenters. The molecule has 23 heavy (non-hydrogen) atoms. The monoisotopic (exact) mass is 491 g/mol. The second kappa shape index (κ2) is 8.73. The van der Waals surface area contributed by atoms with Crippen LogP contribution in [0.1, 0.15) is 24.9 Å². The van der Waals surface area contributed by atoms with Crippen LogP contribution in [0.2, 0.25) is 10.0 Å². The number of benzene rings is 1. The SMILES string of the molecule is CC(NC(N)=NCC1CCS(=O)(=O)C1)c1ccc(Cl)cc1Cl.I. The molecule has 1 aliphatic heterocycles. The van der Waals surface area contributed by atoms with Gasteiger partial charge >= 0.3 is 0 Å². The Labute approximate surface area is 164 Å². The van der Waals surface area contributed by atoms with Crippen molar-refractivity contribution < 1.29 is 8.42 Å². The van der Waals surface area contributed by atoms with Crippen molar-refractivity contribution in [3.63, 3.8) is 0 Å². The molecule has 130 valence electrons. The van der Waals surface area contributed by atoms with Crippen molar-refractivity contribution in [1.29, 1.82) is 0 Å². The lowest BCUT2D eigenvalue weighted by molar-refractivity contribution is 0.589. The standard InChI is InChI=1S/C14H19Cl2N3O2S.HI/c1-9(12-3-2-11(15)6-13(12)16)19-14(17)18-7-10-4-5-22(20,21)8-10;/h2-3,6,9-10H,4-5,7-8H2,1H3,(H3,17,18,19);1H. The summed E-state index contributed by atoms with van der Waals surface area (Å²) in [5.41, 5.74) is 6.73. The van der Waals surface area contributed by atoms with E-state index < -0.39 is 9.84 Å². The molecule has 1 aliphatic rings. The van der Waals surface area contributed by atoms with Gasteiger partial charge in [-0.05, 0) is 37.0 Å². The Bertz CT molecular complexity index is 683. The van der Waals surface area contributed by atoms with Gasteiger partial charge in [0.25, 0.3) is 0 Å². The van der Waals surface area contributed by atoms with Gasteiger partial charge in [-0.3, -0.25) is 4.99 Å². The lowest BCUT2D eigenvalue weighted by atomic mass is 10.1. The number of hydrogen-bond donors (Lipinski definition) is 2. The van der Waals surface area contributed by atoms with Gasteiger partial charge < -0.3 is 11.1 Å². The van der Waals surface area contributed by atoms with E-state index in [1.165, 1.54) is 0 Å². The maximum Gasteiger partial charge on any atom is 0.189 e. The van der Waals surface area contributed by atoms with E-state index in [2.05, 4.69) is 10.3 Å². The van der Waals surface area contributed by atoms with Gasteiger partial charge in [0.05, 0.1) is 17.5 Å². The zero-order chi connectivity index (χ0) is 16.3. The summed E-state index contributed by atoms with van der Waals surface area (Å²) in [6, 6.07) is 5.14. The minimum atomic E-state index is -2.88. The average Bonchev–Trinajstić information content (AvgIpc) is 2.76. The Morgan fingerprint density at radius 1 is 1.48 bits per heavy atom. The first-order chi connectivity index (χ1) is 10.3. The van der Waals surface area contributed by atoms with Crippen LogP contribution in [0.3, 0.4) is 0 Å². The van der Waals surface area contributed by atoms with Gasteiger partial charge in [-0.1, -0.05) is 29.3 Å². The number of sulfone groups is 1. The number of nitrogens with zero attached hydrogens (tertiary/aromatic N) is 1. The van der Waals surface area contributed by atoms with Crippen LogP contribution in [0.4, 0.5) is 0 Å². The molecule has 0 aliphatic carbocycles.